The van der Waals surface area contributed by atoms with Crippen molar-refractivity contribution in [1.29, 1.82) is 0 Å². The summed E-state index contributed by atoms with van der Waals surface area (Å²) in [4.78, 5) is 26.8. The molecule has 9 nitrogen and oxygen atoms in total. The fourth-order valence-electron chi connectivity index (χ4n) is 5.62. The molecule has 0 saturated carbocycles. The number of rotatable bonds is 12. The molecule has 4 aromatic rings. The molecule has 1 unspecified atom stereocenters. The maximum Gasteiger partial charge on any atom is 0.698 e. The summed E-state index contributed by atoms with van der Waals surface area (Å²) in [7, 11) is -2.77. The highest BCUT2D eigenvalue weighted by Gasteiger charge is 2.46. The van der Waals surface area contributed by atoms with E-state index in [0.717, 1.165) is 22.3 Å². The molecule has 3 N–H and O–H groups in total. The van der Waals surface area contributed by atoms with Gasteiger partial charge in [0.15, 0.2) is 0 Å². The zero-order chi connectivity index (χ0) is 30.9. The van der Waals surface area contributed by atoms with Crippen molar-refractivity contribution in [3.8, 4) is 5.75 Å². The van der Waals surface area contributed by atoms with Crippen LogP contribution in [0.5, 0.6) is 5.75 Å². The van der Waals surface area contributed by atoms with E-state index < -0.39 is 32.5 Å². The fraction of sp³-hybridized carbons (Fsp3) is 0.265. The molecule has 1 aliphatic rings. The number of urea groups is 1. The summed E-state index contributed by atoms with van der Waals surface area (Å²) in [6, 6.07) is 34.2. The van der Waals surface area contributed by atoms with E-state index in [1.165, 1.54) is 0 Å². The van der Waals surface area contributed by atoms with E-state index >= 15 is 0 Å². The number of hydrogen-bond donors (Lipinski definition) is 3. The lowest BCUT2D eigenvalue weighted by Crippen LogP contribution is -2.50. The zero-order valence-corrected chi connectivity index (χ0v) is 25.0. The molecule has 10 heteroatoms. The van der Waals surface area contributed by atoms with E-state index in [-0.39, 0.29) is 32.3 Å². The average molecular weight is 616 g/mol. The van der Waals surface area contributed by atoms with Crippen LogP contribution in [0.15, 0.2) is 115 Å². The van der Waals surface area contributed by atoms with E-state index in [9.17, 15) is 19.6 Å². The average Bonchev–Trinajstić information content (AvgIpc) is 3.10. The van der Waals surface area contributed by atoms with Crippen LogP contribution in [0.1, 0.15) is 22.3 Å². The number of nitrogens with zero attached hydrogens (tertiary/aromatic N) is 2. The Morgan fingerprint density at radius 3 is 1.45 bits per heavy atom. The lowest BCUT2D eigenvalue weighted by Gasteiger charge is -2.36. The van der Waals surface area contributed by atoms with Gasteiger partial charge in [0.1, 0.15) is 18.0 Å². The van der Waals surface area contributed by atoms with Gasteiger partial charge < -0.3 is 24.7 Å². The summed E-state index contributed by atoms with van der Waals surface area (Å²) >= 11 is 0. The first-order valence-electron chi connectivity index (χ1n) is 14.4. The normalized spacial score (nSPS) is 20.7. The zero-order valence-electron chi connectivity index (χ0n) is 24.1. The summed E-state index contributed by atoms with van der Waals surface area (Å²) in [6.45, 7) is 0.139. The van der Waals surface area contributed by atoms with E-state index in [1.54, 1.807) is 34.1 Å². The Balaban J connectivity index is 1.49. The van der Waals surface area contributed by atoms with Crippen LogP contribution in [-0.4, -0.2) is 62.0 Å². The molecular formula is C34H36N2O7P+. The Morgan fingerprint density at radius 2 is 1.02 bits per heavy atom. The fourth-order valence-corrected chi connectivity index (χ4v) is 5.77. The summed E-state index contributed by atoms with van der Waals surface area (Å²) in [5, 5.41) is 23.7. The van der Waals surface area contributed by atoms with Crippen LogP contribution < -0.4 is 4.74 Å². The van der Waals surface area contributed by atoms with Crippen LogP contribution in [0.2, 0.25) is 0 Å². The van der Waals surface area contributed by atoms with Gasteiger partial charge in [0, 0.05) is 17.7 Å². The molecule has 1 fully saturated rings. The van der Waals surface area contributed by atoms with Gasteiger partial charge in [-0.15, -0.1) is 4.89 Å². The maximum absolute atomic E-state index is 14.6. The Bertz CT molecular complexity index is 1490. The summed E-state index contributed by atoms with van der Waals surface area (Å²) < 4.78 is 20.7. The molecule has 0 spiro atoms. The van der Waals surface area contributed by atoms with Crippen LogP contribution in [0.25, 0.3) is 0 Å². The summed E-state index contributed by atoms with van der Waals surface area (Å²) in [5.74, 6) is 0.432. The number of ether oxygens (including phenoxy) is 1. The topological polar surface area (TPSA) is 120 Å². The number of hydrogen-bond acceptors (Lipinski definition) is 6. The van der Waals surface area contributed by atoms with Crippen molar-refractivity contribution in [3.63, 3.8) is 0 Å². The highest BCUT2D eigenvalue weighted by Crippen LogP contribution is 2.30. The Kier molecular flexibility index (Phi) is 10.7. The first-order chi connectivity index (χ1) is 21.4. The molecular weight excluding hydrogens is 579 g/mol. The van der Waals surface area contributed by atoms with Gasteiger partial charge in [-0.2, -0.15) is 0 Å². The number of benzene rings is 4. The van der Waals surface area contributed by atoms with Gasteiger partial charge in [0.05, 0.1) is 12.1 Å². The molecule has 0 radical (unpaired) electrons. The molecule has 4 aromatic carbocycles. The molecule has 5 rings (SSSR count). The van der Waals surface area contributed by atoms with Crippen molar-refractivity contribution in [2.75, 3.05) is 6.79 Å². The van der Waals surface area contributed by atoms with Crippen LogP contribution in [0, 0.1) is 0 Å². The van der Waals surface area contributed by atoms with Gasteiger partial charge >= 0.3 is 14.3 Å². The maximum atomic E-state index is 14.6. The number of amides is 2. The second-order valence-electron chi connectivity index (χ2n) is 10.8. The first kappa shape index (κ1) is 31.3. The van der Waals surface area contributed by atoms with Crippen LogP contribution in [-0.2, 0) is 35.0 Å². The molecule has 228 valence electrons. The third-order valence-electron chi connectivity index (χ3n) is 7.87. The number of aliphatic hydroxyl groups is 2. The second-order valence-corrected chi connectivity index (χ2v) is 11.5. The van der Waals surface area contributed by atoms with Crippen molar-refractivity contribution in [2.45, 2.75) is 50.2 Å². The van der Waals surface area contributed by atoms with Gasteiger partial charge in [-0.3, -0.25) is 0 Å². The smallest absolute Gasteiger partial charge is 0.463 e. The van der Waals surface area contributed by atoms with E-state index in [1.807, 2.05) is 91.0 Å². The van der Waals surface area contributed by atoms with Crippen molar-refractivity contribution < 1.29 is 33.7 Å². The van der Waals surface area contributed by atoms with Crippen molar-refractivity contribution in [3.05, 3.63) is 138 Å². The largest absolute Gasteiger partial charge is 0.698 e. The van der Waals surface area contributed by atoms with E-state index in [0.29, 0.717) is 12.2 Å². The van der Waals surface area contributed by atoms with E-state index in [4.69, 9.17) is 9.63 Å². The SMILES string of the molecule is O=C1N(Cc2ccccc2)[C@H](Cc2ccccc2)[C@H](O)[C@@H](O)[C@@H](Cc2ccc(OCO[P+](=O)O)cc2)N1Cc1ccccc1. The van der Waals surface area contributed by atoms with Crippen LogP contribution in [0.3, 0.4) is 0 Å². The molecule has 1 heterocycles. The van der Waals surface area contributed by atoms with E-state index in [2.05, 4.69) is 4.52 Å². The van der Waals surface area contributed by atoms with Gasteiger partial charge in [0.25, 0.3) is 0 Å². The lowest BCUT2D eigenvalue weighted by atomic mass is 9.91. The monoisotopic (exact) mass is 615 g/mol. The minimum absolute atomic E-state index is 0.245. The molecule has 1 saturated heterocycles. The van der Waals surface area contributed by atoms with Gasteiger partial charge in [-0.1, -0.05) is 108 Å². The molecule has 0 bridgehead atoms. The molecule has 0 aliphatic carbocycles. The highest BCUT2D eigenvalue weighted by molar-refractivity contribution is 7.32. The predicted molar refractivity (Wildman–Crippen MR) is 166 cm³/mol. The van der Waals surface area contributed by atoms with Gasteiger partial charge in [-0.25, -0.2) is 4.79 Å². The Labute approximate surface area is 257 Å². The van der Waals surface area contributed by atoms with Crippen molar-refractivity contribution >= 4 is 14.3 Å². The minimum Gasteiger partial charge on any atom is -0.463 e. The standard InChI is InChI=1S/C34H35N2O7P/c37-32-30(20-25-10-4-1-5-11-25)35(22-27-12-6-2-7-13-27)34(39)36(23-28-14-8-3-9-15-28)31(33(32)38)21-26-16-18-29(19-17-26)42-24-43-44(40)41/h1-19,30-33,37-38H,20-24H2/p+1/t30-,31-,32+,33+/m1/s1. The highest BCUT2D eigenvalue weighted by atomic mass is 31.1. The third kappa shape index (κ3) is 8.08. The number of carbonyl (C=O) groups excluding carboxylic acids is 1. The van der Waals surface area contributed by atoms with Crippen molar-refractivity contribution in [1.82, 2.24) is 9.80 Å². The van der Waals surface area contributed by atoms with Crippen LogP contribution >= 0.6 is 8.25 Å². The number of aliphatic hydroxyl groups excluding tert-OH is 2. The first-order valence-corrected chi connectivity index (χ1v) is 15.6. The lowest BCUT2D eigenvalue weighted by molar-refractivity contribution is -0.0408. The van der Waals surface area contributed by atoms with Crippen LogP contribution in [0.4, 0.5) is 4.79 Å². The Morgan fingerprint density at radius 1 is 0.614 bits per heavy atom. The Hall–Kier alpha value is -4.11. The van der Waals surface area contributed by atoms with Gasteiger partial charge in [0.2, 0.25) is 6.79 Å². The molecule has 2 amide bonds. The molecule has 1 aliphatic heterocycles. The quantitative estimate of drug-likeness (QED) is 0.150. The predicted octanol–water partition coefficient (Wildman–Crippen LogP) is 5.07. The second kappa shape index (κ2) is 15.1. The number of carbonyl (C=O) groups is 1. The summed E-state index contributed by atoms with van der Waals surface area (Å²) in [5.41, 5.74) is 3.58. The molecule has 44 heavy (non-hydrogen) atoms. The third-order valence-corrected chi connectivity index (χ3v) is 8.19. The molecule has 0 aromatic heterocycles. The minimum atomic E-state index is -2.77. The summed E-state index contributed by atoms with van der Waals surface area (Å²) in [6.07, 6.45) is -1.83. The molecule has 5 atom stereocenters. The van der Waals surface area contributed by atoms with Gasteiger partial charge in [-0.05, 0) is 47.2 Å². The van der Waals surface area contributed by atoms with Crippen molar-refractivity contribution in [2.24, 2.45) is 0 Å².